The van der Waals surface area contributed by atoms with E-state index < -0.39 is 0 Å². The van der Waals surface area contributed by atoms with Crippen LogP contribution in [0.1, 0.15) is 18.7 Å². The Morgan fingerprint density at radius 1 is 1.35 bits per heavy atom. The molecule has 104 valence electrons. The average Bonchev–Trinajstić information content (AvgIpc) is 2.48. The maximum absolute atomic E-state index is 12.5. The molecule has 1 aliphatic rings. The molecule has 6 nitrogen and oxygen atoms in total. The number of fused-ring (bicyclic) bond motifs is 2. The van der Waals surface area contributed by atoms with Crippen molar-refractivity contribution in [3.63, 3.8) is 0 Å². The van der Waals surface area contributed by atoms with Crippen LogP contribution in [0, 0.1) is 0 Å². The fourth-order valence-corrected chi connectivity index (χ4v) is 2.51. The lowest BCUT2D eigenvalue weighted by Crippen LogP contribution is -2.28. The molecule has 0 fully saturated rings. The first-order chi connectivity index (χ1) is 9.69. The molecule has 1 aliphatic heterocycles. The van der Waals surface area contributed by atoms with Crippen molar-refractivity contribution in [1.29, 1.82) is 0 Å². The summed E-state index contributed by atoms with van der Waals surface area (Å²) in [4.78, 5) is 28.3. The summed E-state index contributed by atoms with van der Waals surface area (Å²) < 4.78 is 1.75. The van der Waals surface area contributed by atoms with Crippen LogP contribution >= 0.6 is 0 Å². The van der Waals surface area contributed by atoms with Gasteiger partial charge in [0.2, 0.25) is 0 Å². The number of aromatic nitrogens is 2. The molecule has 0 aliphatic carbocycles. The molecule has 2 amide bonds. The third-order valence-electron chi connectivity index (χ3n) is 3.55. The summed E-state index contributed by atoms with van der Waals surface area (Å²) in [5, 5.41) is 5.69. The Morgan fingerprint density at radius 2 is 2.20 bits per heavy atom. The second-order valence-corrected chi connectivity index (χ2v) is 4.88. The number of nitrogens with zero attached hydrogens (tertiary/aromatic N) is 2. The minimum absolute atomic E-state index is 0.0229. The van der Waals surface area contributed by atoms with Gasteiger partial charge in [-0.05, 0) is 31.0 Å². The van der Waals surface area contributed by atoms with Crippen molar-refractivity contribution in [3.8, 4) is 0 Å². The second kappa shape index (κ2) is 4.96. The number of rotatable bonds is 1. The molecule has 0 unspecified atom stereocenters. The Labute approximate surface area is 115 Å². The van der Waals surface area contributed by atoms with Gasteiger partial charge in [0.25, 0.3) is 5.56 Å². The average molecular weight is 272 g/mol. The molecule has 0 atom stereocenters. The zero-order valence-electron chi connectivity index (χ0n) is 11.3. The van der Waals surface area contributed by atoms with Crippen LogP contribution in [-0.2, 0) is 13.0 Å². The SMILES string of the molecule is CNC(=O)Nc1ccc2nc3n(c(=O)c2c1)CCCC3. The predicted molar refractivity (Wildman–Crippen MR) is 77.0 cm³/mol. The van der Waals surface area contributed by atoms with Crippen molar-refractivity contribution in [1.82, 2.24) is 14.9 Å². The van der Waals surface area contributed by atoms with Gasteiger partial charge >= 0.3 is 6.03 Å². The second-order valence-electron chi connectivity index (χ2n) is 4.88. The Hall–Kier alpha value is -2.37. The van der Waals surface area contributed by atoms with Crippen molar-refractivity contribution in [2.24, 2.45) is 0 Å². The van der Waals surface area contributed by atoms with E-state index in [0.717, 1.165) is 31.6 Å². The fourth-order valence-electron chi connectivity index (χ4n) is 2.51. The number of amides is 2. The van der Waals surface area contributed by atoms with Gasteiger partial charge in [0, 0.05) is 25.7 Å². The Balaban J connectivity index is 2.12. The van der Waals surface area contributed by atoms with Gasteiger partial charge in [-0.2, -0.15) is 0 Å². The van der Waals surface area contributed by atoms with Gasteiger partial charge in [-0.1, -0.05) is 0 Å². The number of hydrogen-bond acceptors (Lipinski definition) is 3. The van der Waals surface area contributed by atoms with E-state index in [9.17, 15) is 9.59 Å². The highest BCUT2D eigenvalue weighted by Gasteiger charge is 2.14. The van der Waals surface area contributed by atoms with Gasteiger partial charge in [0.15, 0.2) is 0 Å². The smallest absolute Gasteiger partial charge is 0.318 e. The monoisotopic (exact) mass is 272 g/mol. The number of carbonyl (C=O) groups excluding carboxylic acids is 1. The summed E-state index contributed by atoms with van der Waals surface area (Å²) in [6, 6.07) is 4.90. The van der Waals surface area contributed by atoms with E-state index in [4.69, 9.17) is 0 Å². The predicted octanol–water partition coefficient (Wildman–Crippen LogP) is 1.48. The number of benzene rings is 1. The number of urea groups is 1. The summed E-state index contributed by atoms with van der Waals surface area (Å²) in [7, 11) is 1.54. The van der Waals surface area contributed by atoms with Gasteiger partial charge in [-0.15, -0.1) is 0 Å². The van der Waals surface area contributed by atoms with Crippen molar-refractivity contribution >= 4 is 22.6 Å². The van der Waals surface area contributed by atoms with Crippen molar-refractivity contribution < 1.29 is 4.79 Å². The molecule has 1 aromatic heterocycles. The van der Waals surface area contributed by atoms with E-state index in [0.29, 0.717) is 16.6 Å². The molecular weight excluding hydrogens is 256 g/mol. The third-order valence-corrected chi connectivity index (χ3v) is 3.55. The van der Waals surface area contributed by atoms with Crippen LogP contribution in [0.2, 0.25) is 0 Å². The molecule has 2 aromatic rings. The van der Waals surface area contributed by atoms with E-state index in [-0.39, 0.29) is 11.6 Å². The van der Waals surface area contributed by atoms with Gasteiger partial charge in [-0.3, -0.25) is 9.36 Å². The standard InChI is InChI=1S/C14H16N4O2/c1-15-14(20)16-9-5-6-11-10(8-9)13(19)18-7-3-2-4-12(18)17-11/h5-6,8H,2-4,7H2,1H3,(H2,15,16,20). The van der Waals surface area contributed by atoms with Gasteiger partial charge in [0.1, 0.15) is 5.82 Å². The van der Waals surface area contributed by atoms with Crippen LogP contribution in [0.5, 0.6) is 0 Å². The van der Waals surface area contributed by atoms with Crippen LogP contribution in [0.3, 0.4) is 0 Å². The first-order valence-corrected chi connectivity index (χ1v) is 6.71. The number of aryl methyl sites for hydroxylation is 1. The lowest BCUT2D eigenvalue weighted by Gasteiger charge is -2.18. The lowest BCUT2D eigenvalue weighted by molar-refractivity contribution is 0.254. The Morgan fingerprint density at radius 3 is 3.00 bits per heavy atom. The minimum Gasteiger partial charge on any atom is -0.341 e. The molecule has 20 heavy (non-hydrogen) atoms. The molecule has 1 aromatic carbocycles. The van der Waals surface area contributed by atoms with Crippen molar-refractivity contribution in [2.45, 2.75) is 25.8 Å². The van der Waals surface area contributed by atoms with Crippen LogP contribution in [0.25, 0.3) is 10.9 Å². The lowest BCUT2D eigenvalue weighted by atomic mass is 10.1. The van der Waals surface area contributed by atoms with E-state index in [1.807, 2.05) is 0 Å². The summed E-state index contributed by atoms with van der Waals surface area (Å²) >= 11 is 0. The zero-order chi connectivity index (χ0) is 14.1. The Kier molecular flexibility index (Phi) is 3.14. The summed E-state index contributed by atoms with van der Waals surface area (Å²) in [6.45, 7) is 0.726. The Bertz CT molecular complexity index is 736. The molecule has 0 saturated carbocycles. The van der Waals surface area contributed by atoms with Crippen LogP contribution in [0.4, 0.5) is 10.5 Å². The third kappa shape index (κ3) is 2.13. The van der Waals surface area contributed by atoms with Crippen LogP contribution in [0.15, 0.2) is 23.0 Å². The zero-order valence-corrected chi connectivity index (χ0v) is 11.3. The molecule has 0 saturated heterocycles. The maximum Gasteiger partial charge on any atom is 0.318 e. The molecule has 0 bridgehead atoms. The topological polar surface area (TPSA) is 76.0 Å². The molecule has 2 heterocycles. The van der Waals surface area contributed by atoms with Gasteiger partial charge < -0.3 is 10.6 Å². The van der Waals surface area contributed by atoms with E-state index >= 15 is 0 Å². The van der Waals surface area contributed by atoms with Crippen molar-refractivity contribution in [2.75, 3.05) is 12.4 Å². The minimum atomic E-state index is -0.310. The first kappa shape index (κ1) is 12.7. The molecular formula is C14H16N4O2. The molecule has 0 spiro atoms. The van der Waals surface area contributed by atoms with E-state index in [1.165, 1.54) is 0 Å². The van der Waals surface area contributed by atoms with Crippen LogP contribution in [-0.4, -0.2) is 22.6 Å². The number of anilines is 1. The highest BCUT2D eigenvalue weighted by molar-refractivity contribution is 5.92. The summed E-state index contributed by atoms with van der Waals surface area (Å²) in [6.07, 6.45) is 2.94. The molecule has 3 rings (SSSR count). The number of carbonyl (C=O) groups is 1. The van der Waals surface area contributed by atoms with Crippen LogP contribution < -0.4 is 16.2 Å². The van der Waals surface area contributed by atoms with E-state index in [1.54, 1.807) is 29.8 Å². The quantitative estimate of drug-likeness (QED) is 0.825. The van der Waals surface area contributed by atoms with Gasteiger partial charge in [-0.25, -0.2) is 9.78 Å². The molecule has 0 radical (unpaired) electrons. The molecule has 2 N–H and O–H groups in total. The van der Waals surface area contributed by atoms with E-state index in [2.05, 4.69) is 15.6 Å². The first-order valence-electron chi connectivity index (χ1n) is 6.71. The molecule has 6 heteroatoms. The van der Waals surface area contributed by atoms with Crippen molar-refractivity contribution in [3.05, 3.63) is 34.4 Å². The highest BCUT2D eigenvalue weighted by atomic mass is 16.2. The summed E-state index contributed by atoms with van der Waals surface area (Å²) in [5.74, 6) is 0.862. The maximum atomic E-state index is 12.5. The van der Waals surface area contributed by atoms with Gasteiger partial charge in [0.05, 0.1) is 10.9 Å². The normalized spacial score (nSPS) is 13.8. The highest BCUT2D eigenvalue weighted by Crippen LogP contribution is 2.18. The summed E-state index contributed by atoms with van der Waals surface area (Å²) in [5.41, 5.74) is 1.25. The fraction of sp³-hybridized carbons (Fsp3) is 0.357. The number of hydrogen-bond donors (Lipinski definition) is 2. The largest absolute Gasteiger partial charge is 0.341 e. The number of nitrogens with one attached hydrogen (secondary N) is 2.